The molecule has 2 rings (SSSR count). The molecular formula is C17H28N4O. The fourth-order valence-electron chi connectivity index (χ4n) is 3.21. The number of likely N-dealkylation sites (tertiary alicyclic amines) is 1. The summed E-state index contributed by atoms with van der Waals surface area (Å²) in [5, 5.41) is 0. The molecule has 0 radical (unpaired) electrons. The molecule has 0 bridgehead atoms. The van der Waals surface area contributed by atoms with Gasteiger partial charge in [0.2, 0.25) is 0 Å². The predicted octanol–water partition coefficient (Wildman–Crippen LogP) is 3.04. The third-order valence-corrected chi connectivity index (χ3v) is 4.49. The van der Waals surface area contributed by atoms with Gasteiger partial charge in [-0.15, -0.1) is 0 Å². The van der Waals surface area contributed by atoms with E-state index >= 15 is 0 Å². The zero-order valence-corrected chi connectivity index (χ0v) is 14.3. The van der Waals surface area contributed by atoms with Crippen molar-refractivity contribution in [2.75, 3.05) is 24.5 Å². The molecule has 22 heavy (non-hydrogen) atoms. The summed E-state index contributed by atoms with van der Waals surface area (Å²) in [7, 11) is 0. The first-order valence-electron chi connectivity index (χ1n) is 8.52. The maximum atomic E-state index is 12.9. The molecule has 1 aromatic heterocycles. The maximum Gasteiger partial charge on any atom is 0.272 e. The van der Waals surface area contributed by atoms with E-state index in [1.165, 1.54) is 6.42 Å². The van der Waals surface area contributed by atoms with E-state index in [0.717, 1.165) is 44.7 Å². The number of nitrogens with zero attached hydrogens (tertiary/aromatic N) is 4. The number of aryl methyl sites for hydroxylation is 1. The molecule has 122 valence electrons. The van der Waals surface area contributed by atoms with Crippen molar-refractivity contribution >= 4 is 11.7 Å². The highest BCUT2D eigenvalue weighted by atomic mass is 16.2. The normalized spacial score (nSPS) is 18.4. The van der Waals surface area contributed by atoms with Gasteiger partial charge in [-0.3, -0.25) is 4.79 Å². The predicted molar refractivity (Wildman–Crippen MR) is 89.3 cm³/mol. The lowest BCUT2D eigenvalue weighted by atomic mass is 9.99. The van der Waals surface area contributed by atoms with Crippen LogP contribution in [-0.2, 0) is 0 Å². The number of hydrogen-bond donors (Lipinski definition) is 0. The average Bonchev–Trinajstić information content (AvgIpc) is 2.54. The van der Waals surface area contributed by atoms with Gasteiger partial charge < -0.3 is 9.80 Å². The first-order valence-corrected chi connectivity index (χ1v) is 8.52. The minimum atomic E-state index is 0.0606. The van der Waals surface area contributed by atoms with Crippen LogP contribution in [0.25, 0.3) is 0 Å². The van der Waals surface area contributed by atoms with Gasteiger partial charge in [0.05, 0.1) is 0 Å². The van der Waals surface area contributed by atoms with E-state index in [-0.39, 0.29) is 5.91 Å². The van der Waals surface area contributed by atoms with E-state index < -0.39 is 0 Å². The number of carbonyl (C=O) groups excluding carboxylic acids is 1. The van der Waals surface area contributed by atoms with Gasteiger partial charge >= 0.3 is 0 Å². The molecule has 1 atom stereocenters. The smallest absolute Gasteiger partial charge is 0.272 e. The summed E-state index contributed by atoms with van der Waals surface area (Å²) in [6, 6.07) is 2.21. The number of carbonyl (C=O) groups is 1. The van der Waals surface area contributed by atoms with Gasteiger partial charge in [-0.1, -0.05) is 6.92 Å². The lowest BCUT2D eigenvalue weighted by Crippen LogP contribution is -2.43. The van der Waals surface area contributed by atoms with Gasteiger partial charge in [-0.25, -0.2) is 9.97 Å². The minimum absolute atomic E-state index is 0.0606. The summed E-state index contributed by atoms with van der Waals surface area (Å²) in [6.07, 6.45) is 4.43. The Morgan fingerprint density at radius 1 is 1.27 bits per heavy atom. The number of amides is 1. The largest absolute Gasteiger partial charge is 0.357 e. The lowest BCUT2D eigenvalue weighted by molar-refractivity contribution is 0.0601. The molecule has 1 saturated heterocycles. The second kappa shape index (κ2) is 7.56. The Kier molecular flexibility index (Phi) is 5.75. The second-order valence-electron chi connectivity index (χ2n) is 5.89. The fourth-order valence-corrected chi connectivity index (χ4v) is 3.21. The highest BCUT2D eigenvalue weighted by Crippen LogP contribution is 2.22. The summed E-state index contributed by atoms with van der Waals surface area (Å²) in [4.78, 5) is 25.9. The molecular weight excluding hydrogens is 276 g/mol. The Morgan fingerprint density at radius 2 is 2.00 bits per heavy atom. The van der Waals surface area contributed by atoms with Crippen molar-refractivity contribution in [3.8, 4) is 0 Å². The molecule has 1 aromatic rings. The summed E-state index contributed by atoms with van der Waals surface area (Å²) < 4.78 is 0. The van der Waals surface area contributed by atoms with Gasteiger partial charge in [0.1, 0.15) is 17.3 Å². The van der Waals surface area contributed by atoms with Crippen LogP contribution in [0.4, 0.5) is 5.82 Å². The minimum Gasteiger partial charge on any atom is -0.357 e. The van der Waals surface area contributed by atoms with Crippen LogP contribution in [0.3, 0.4) is 0 Å². The van der Waals surface area contributed by atoms with Crippen molar-refractivity contribution < 1.29 is 4.79 Å². The summed E-state index contributed by atoms with van der Waals surface area (Å²) in [5.74, 6) is 1.58. The van der Waals surface area contributed by atoms with Crippen LogP contribution < -0.4 is 4.90 Å². The van der Waals surface area contributed by atoms with Crippen LogP contribution in [0.1, 0.15) is 62.8 Å². The average molecular weight is 304 g/mol. The molecule has 1 aliphatic heterocycles. The van der Waals surface area contributed by atoms with E-state index in [4.69, 9.17) is 0 Å². The van der Waals surface area contributed by atoms with Crippen molar-refractivity contribution in [3.05, 3.63) is 17.6 Å². The van der Waals surface area contributed by atoms with Gasteiger partial charge in [-0.2, -0.15) is 0 Å². The van der Waals surface area contributed by atoms with Crippen LogP contribution in [0, 0.1) is 6.92 Å². The molecule has 1 aliphatic rings. The van der Waals surface area contributed by atoms with Crippen LogP contribution >= 0.6 is 0 Å². The summed E-state index contributed by atoms with van der Waals surface area (Å²) in [6.45, 7) is 10.8. The van der Waals surface area contributed by atoms with Gasteiger partial charge in [-0.05, 0) is 46.5 Å². The monoisotopic (exact) mass is 304 g/mol. The second-order valence-corrected chi connectivity index (χ2v) is 5.89. The van der Waals surface area contributed by atoms with E-state index in [0.29, 0.717) is 17.6 Å². The molecule has 0 spiro atoms. The van der Waals surface area contributed by atoms with Crippen molar-refractivity contribution in [2.24, 2.45) is 0 Å². The van der Waals surface area contributed by atoms with Crippen molar-refractivity contribution in [3.63, 3.8) is 0 Å². The quantitative estimate of drug-likeness (QED) is 0.839. The Balaban J connectivity index is 2.28. The summed E-state index contributed by atoms with van der Waals surface area (Å²) >= 11 is 0. The molecule has 0 aliphatic carbocycles. The Bertz CT molecular complexity index is 513. The maximum absolute atomic E-state index is 12.9. The molecule has 0 N–H and O–H groups in total. The van der Waals surface area contributed by atoms with Gasteiger partial charge in [0.15, 0.2) is 0 Å². The fraction of sp³-hybridized carbons (Fsp3) is 0.706. The zero-order chi connectivity index (χ0) is 16.1. The first kappa shape index (κ1) is 16.7. The van der Waals surface area contributed by atoms with E-state index in [9.17, 15) is 4.79 Å². The molecule has 5 nitrogen and oxygen atoms in total. The molecule has 0 saturated carbocycles. The molecule has 1 amide bonds. The van der Waals surface area contributed by atoms with Crippen LogP contribution in [0.15, 0.2) is 6.07 Å². The van der Waals surface area contributed by atoms with Gasteiger partial charge in [0.25, 0.3) is 5.91 Å². The highest BCUT2D eigenvalue weighted by molar-refractivity contribution is 5.93. The SMILES string of the molecule is CCC1CCCCN1C(=O)c1cc(N(CC)CC)nc(C)n1. The Hall–Kier alpha value is -1.65. The number of aromatic nitrogens is 2. The van der Waals surface area contributed by atoms with Crippen LogP contribution in [0.2, 0.25) is 0 Å². The number of piperidine rings is 1. The van der Waals surface area contributed by atoms with Gasteiger partial charge in [0, 0.05) is 31.7 Å². The zero-order valence-electron chi connectivity index (χ0n) is 14.3. The van der Waals surface area contributed by atoms with Crippen molar-refractivity contribution in [2.45, 2.75) is 59.4 Å². The molecule has 0 aromatic carbocycles. The number of anilines is 1. The van der Waals surface area contributed by atoms with Crippen molar-refractivity contribution in [1.82, 2.24) is 14.9 Å². The Morgan fingerprint density at radius 3 is 2.64 bits per heavy atom. The van der Waals surface area contributed by atoms with E-state index in [1.807, 2.05) is 17.9 Å². The number of hydrogen-bond acceptors (Lipinski definition) is 4. The van der Waals surface area contributed by atoms with Crippen LogP contribution in [-0.4, -0.2) is 46.5 Å². The first-order chi connectivity index (χ1) is 10.6. The van der Waals surface area contributed by atoms with E-state index in [1.54, 1.807) is 0 Å². The number of rotatable bonds is 5. The third kappa shape index (κ3) is 3.57. The molecule has 1 fully saturated rings. The molecule has 1 unspecified atom stereocenters. The topological polar surface area (TPSA) is 49.3 Å². The van der Waals surface area contributed by atoms with Crippen molar-refractivity contribution in [1.29, 1.82) is 0 Å². The van der Waals surface area contributed by atoms with Crippen LogP contribution in [0.5, 0.6) is 0 Å². The van der Waals surface area contributed by atoms with E-state index in [2.05, 4.69) is 35.6 Å². The summed E-state index contributed by atoms with van der Waals surface area (Å²) in [5.41, 5.74) is 0.537. The lowest BCUT2D eigenvalue weighted by Gasteiger charge is -2.35. The standard InChI is InChI=1S/C17H28N4O/c1-5-14-10-8-9-11-21(14)17(22)15-12-16(19-13(4)18-15)20(6-2)7-3/h12,14H,5-11H2,1-4H3. The molecule has 5 heteroatoms. The third-order valence-electron chi connectivity index (χ3n) is 4.49. The molecule has 2 heterocycles. The highest BCUT2D eigenvalue weighted by Gasteiger charge is 2.27. The Labute approximate surface area is 133 Å².